The zero-order valence-electron chi connectivity index (χ0n) is 18.3. The van der Waals surface area contributed by atoms with Gasteiger partial charge in [-0.2, -0.15) is 0 Å². The highest BCUT2D eigenvalue weighted by molar-refractivity contribution is 6.30. The van der Waals surface area contributed by atoms with Crippen LogP contribution in [0.25, 0.3) is 10.9 Å². The van der Waals surface area contributed by atoms with Crippen LogP contribution < -0.4 is 16.0 Å². The number of aromatic nitrogens is 2. The lowest BCUT2D eigenvalue weighted by Gasteiger charge is -2.31. The third kappa shape index (κ3) is 4.84. The first kappa shape index (κ1) is 23.9. The van der Waals surface area contributed by atoms with Crippen LogP contribution in [0.4, 0.5) is 8.78 Å². The highest BCUT2D eigenvalue weighted by Crippen LogP contribution is 2.26. The molecular formula is C24H24ClF2N3O4. The third-order valence-corrected chi connectivity index (χ3v) is 6.31. The van der Waals surface area contributed by atoms with E-state index in [0.29, 0.717) is 42.0 Å². The van der Waals surface area contributed by atoms with Gasteiger partial charge in [0.1, 0.15) is 19.1 Å². The van der Waals surface area contributed by atoms with Crippen LogP contribution in [0.5, 0.6) is 5.75 Å². The zero-order valence-corrected chi connectivity index (χ0v) is 19.1. The molecule has 0 aliphatic carbocycles. The van der Waals surface area contributed by atoms with Gasteiger partial charge >= 0.3 is 5.69 Å². The zero-order chi connectivity index (χ0) is 24.2. The molecule has 0 radical (unpaired) electrons. The summed E-state index contributed by atoms with van der Waals surface area (Å²) in [6.45, 7) is -1.00. The van der Waals surface area contributed by atoms with Gasteiger partial charge in [-0.25, -0.2) is 13.6 Å². The first-order valence-corrected chi connectivity index (χ1v) is 11.3. The quantitative estimate of drug-likeness (QED) is 0.453. The van der Waals surface area contributed by atoms with Gasteiger partial charge < -0.3 is 9.64 Å². The summed E-state index contributed by atoms with van der Waals surface area (Å²) in [5, 5.41) is 0.742. The van der Waals surface area contributed by atoms with Gasteiger partial charge in [-0.3, -0.25) is 18.7 Å². The highest BCUT2D eigenvalue weighted by atomic mass is 35.5. The second kappa shape index (κ2) is 10.4. The Kier molecular flexibility index (Phi) is 7.31. The molecule has 1 aliphatic heterocycles. The van der Waals surface area contributed by atoms with E-state index in [1.54, 1.807) is 39.8 Å². The van der Waals surface area contributed by atoms with Crippen LogP contribution in [0.3, 0.4) is 0 Å². The Balaban J connectivity index is 1.85. The van der Waals surface area contributed by atoms with Gasteiger partial charge in [0.15, 0.2) is 6.10 Å². The van der Waals surface area contributed by atoms with Crippen molar-refractivity contribution in [1.82, 2.24) is 14.0 Å². The van der Waals surface area contributed by atoms with Crippen LogP contribution >= 0.6 is 11.6 Å². The van der Waals surface area contributed by atoms with Crippen LogP contribution in [0.1, 0.15) is 24.4 Å². The first-order chi connectivity index (χ1) is 16.4. The van der Waals surface area contributed by atoms with Gasteiger partial charge in [-0.1, -0.05) is 23.7 Å². The van der Waals surface area contributed by atoms with E-state index < -0.39 is 30.7 Å². The molecule has 1 aliphatic rings. The lowest BCUT2D eigenvalue weighted by molar-refractivity contribution is -0.119. The molecular weight excluding hydrogens is 468 g/mol. The molecule has 0 atom stereocenters. The Hall–Kier alpha value is -3.20. The van der Waals surface area contributed by atoms with Gasteiger partial charge in [-0.05, 0) is 48.7 Å². The number of nitrogens with zero attached hydrogens (tertiary/aromatic N) is 3. The molecule has 1 amide bonds. The fourth-order valence-corrected chi connectivity index (χ4v) is 4.37. The molecule has 0 bridgehead atoms. The van der Waals surface area contributed by atoms with Gasteiger partial charge in [0.25, 0.3) is 5.56 Å². The predicted molar refractivity (Wildman–Crippen MR) is 125 cm³/mol. The predicted octanol–water partition coefficient (Wildman–Crippen LogP) is 3.34. The number of ether oxygens (including phenoxy) is 1. The normalized spacial score (nSPS) is 14.6. The van der Waals surface area contributed by atoms with E-state index in [1.807, 2.05) is 0 Å². The minimum absolute atomic E-state index is 0.0284. The lowest BCUT2D eigenvalue weighted by Crippen LogP contribution is -2.44. The van der Waals surface area contributed by atoms with Crippen LogP contribution in [0.15, 0.2) is 52.1 Å². The fourth-order valence-electron chi connectivity index (χ4n) is 4.25. The molecule has 34 heavy (non-hydrogen) atoms. The second-order valence-corrected chi connectivity index (χ2v) is 8.71. The molecule has 1 saturated heterocycles. The molecule has 2 aromatic carbocycles. The Labute approximate surface area is 199 Å². The van der Waals surface area contributed by atoms with E-state index in [2.05, 4.69) is 0 Å². The van der Waals surface area contributed by atoms with Crippen molar-refractivity contribution in [1.29, 1.82) is 0 Å². The van der Waals surface area contributed by atoms with Crippen molar-refractivity contribution >= 4 is 28.9 Å². The highest BCUT2D eigenvalue weighted by Gasteiger charge is 2.25. The number of carbonyl (C=O) groups is 1. The number of benzene rings is 2. The van der Waals surface area contributed by atoms with Crippen LogP contribution in [-0.4, -0.2) is 53.0 Å². The molecule has 0 saturated carbocycles. The van der Waals surface area contributed by atoms with E-state index in [9.17, 15) is 23.2 Å². The molecule has 1 aromatic heterocycles. The number of piperidine rings is 1. The Morgan fingerprint density at radius 3 is 2.35 bits per heavy atom. The van der Waals surface area contributed by atoms with Crippen LogP contribution in [0, 0.1) is 0 Å². The maximum Gasteiger partial charge on any atom is 0.332 e. The molecule has 0 spiro atoms. The minimum Gasteiger partial charge on any atom is -0.485 e. The second-order valence-electron chi connectivity index (χ2n) is 8.27. The summed E-state index contributed by atoms with van der Waals surface area (Å²) in [6, 6.07) is 11.1. The number of alkyl halides is 2. The van der Waals surface area contributed by atoms with Gasteiger partial charge in [0.05, 0.1) is 17.4 Å². The SMILES string of the molecule is O=CN1CCC(n2c(=O)n(Cc3ccc(Cl)cc3)c(=O)c3cc(OC(CF)CF)ccc32)CC1. The molecule has 180 valence electrons. The van der Waals surface area contributed by atoms with E-state index in [-0.39, 0.29) is 23.7 Å². The molecule has 10 heteroatoms. The van der Waals surface area contributed by atoms with Crippen molar-refractivity contribution in [3.05, 3.63) is 73.9 Å². The fraction of sp³-hybridized carbons (Fsp3) is 0.375. The van der Waals surface area contributed by atoms with Crippen molar-refractivity contribution in [2.45, 2.75) is 31.5 Å². The third-order valence-electron chi connectivity index (χ3n) is 6.05. The minimum atomic E-state index is -1.27. The van der Waals surface area contributed by atoms with Gasteiger partial charge in [0, 0.05) is 24.2 Å². The van der Waals surface area contributed by atoms with Crippen molar-refractivity contribution in [3.8, 4) is 5.75 Å². The number of halogens is 3. The average molecular weight is 492 g/mol. The molecule has 2 heterocycles. The molecule has 1 fully saturated rings. The van der Waals surface area contributed by atoms with Crippen molar-refractivity contribution in [2.75, 3.05) is 26.4 Å². The van der Waals surface area contributed by atoms with Gasteiger partial charge in [0.2, 0.25) is 6.41 Å². The van der Waals surface area contributed by atoms with Crippen molar-refractivity contribution in [2.24, 2.45) is 0 Å². The van der Waals surface area contributed by atoms with Crippen LogP contribution in [0.2, 0.25) is 5.02 Å². The monoisotopic (exact) mass is 491 g/mol. The number of rotatable bonds is 8. The summed E-state index contributed by atoms with van der Waals surface area (Å²) < 4.78 is 34.0. The molecule has 0 unspecified atom stereocenters. The molecule has 3 aromatic rings. The summed E-state index contributed by atoms with van der Waals surface area (Å²) in [5.74, 6) is 0.143. The Morgan fingerprint density at radius 1 is 1.06 bits per heavy atom. The average Bonchev–Trinajstić information content (AvgIpc) is 2.87. The summed E-state index contributed by atoms with van der Waals surface area (Å²) in [7, 11) is 0. The van der Waals surface area contributed by atoms with E-state index in [0.717, 1.165) is 11.0 Å². The first-order valence-electron chi connectivity index (χ1n) is 11.0. The molecule has 4 rings (SSSR count). The number of amides is 1. The Morgan fingerprint density at radius 2 is 1.74 bits per heavy atom. The summed E-state index contributed by atoms with van der Waals surface area (Å²) in [6.07, 6.45) is 0.620. The van der Waals surface area contributed by atoms with Crippen molar-refractivity contribution in [3.63, 3.8) is 0 Å². The van der Waals surface area contributed by atoms with Gasteiger partial charge in [-0.15, -0.1) is 0 Å². The number of fused-ring (bicyclic) bond motifs is 1. The Bertz CT molecular complexity index is 1280. The topological polar surface area (TPSA) is 73.5 Å². The number of hydrogen-bond donors (Lipinski definition) is 0. The smallest absolute Gasteiger partial charge is 0.332 e. The van der Waals surface area contributed by atoms with Crippen LogP contribution in [-0.2, 0) is 11.3 Å². The van der Waals surface area contributed by atoms with Crippen molar-refractivity contribution < 1.29 is 18.3 Å². The van der Waals surface area contributed by atoms with E-state index in [4.69, 9.17) is 16.3 Å². The van der Waals surface area contributed by atoms with E-state index in [1.165, 1.54) is 12.1 Å². The number of carbonyl (C=O) groups excluding carboxylic acids is 1. The summed E-state index contributed by atoms with van der Waals surface area (Å²) >= 11 is 5.96. The largest absolute Gasteiger partial charge is 0.485 e. The lowest BCUT2D eigenvalue weighted by atomic mass is 10.0. The van der Waals surface area contributed by atoms with E-state index >= 15 is 0 Å². The summed E-state index contributed by atoms with van der Waals surface area (Å²) in [5.41, 5.74) is 0.138. The standard InChI is InChI=1S/C24H24ClF2N3O4/c25-17-3-1-16(2-4-17)14-29-23(32)21-11-19(34-20(12-26)13-27)5-6-22(21)30(24(29)33)18-7-9-28(15-31)10-8-18/h1-6,11,15,18,20H,7-10,12-14H2. The maximum atomic E-state index is 13.6. The summed E-state index contributed by atoms with van der Waals surface area (Å²) in [4.78, 5) is 39.7. The molecule has 0 N–H and O–H groups in total. The number of hydrogen-bond acceptors (Lipinski definition) is 4. The number of likely N-dealkylation sites (tertiary alicyclic amines) is 1. The molecule has 7 nitrogen and oxygen atoms in total. The maximum absolute atomic E-state index is 13.6.